The van der Waals surface area contributed by atoms with Crippen molar-refractivity contribution < 1.29 is 14.7 Å². The van der Waals surface area contributed by atoms with Gasteiger partial charge in [-0.2, -0.15) is 0 Å². The quantitative estimate of drug-likeness (QED) is 0.879. The number of carbonyl (C=O) groups is 2. The van der Waals surface area contributed by atoms with E-state index in [1.54, 1.807) is 12.1 Å². The first-order chi connectivity index (χ1) is 10.0. The maximum absolute atomic E-state index is 11.7. The number of fused-ring (bicyclic) bond motifs is 1. The molecule has 1 aliphatic carbocycles. The molecule has 0 spiro atoms. The highest BCUT2D eigenvalue weighted by Gasteiger charge is 2.54. The van der Waals surface area contributed by atoms with Crippen molar-refractivity contribution in [2.75, 3.05) is 13.1 Å². The van der Waals surface area contributed by atoms with E-state index >= 15 is 0 Å². The number of benzene rings is 1. The number of hydrogen-bond donors (Lipinski definition) is 2. The summed E-state index contributed by atoms with van der Waals surface area (Å²) in [5.74, 6) is -0.829. The van der Waals surface area contributed by atoms with E-state index in [1.807, 2.05) is 12.1 Å². The number of likely N-dealkylation sites (tertiary alicyclic amines) is 1. The van der Waals surface area contributed by atoms with Crippen LogP contribution in [0.5, 0.6) is 0 Å². The number of nitrogens with two attached hydrogens (primary N) is 1. The maximum atomic E-state index is 11.7. The van der Waals surface area contributed by atoms with Gasteiger partial charge < -0.3 is 10.8 Å². The molecule has 3 N–H and O–H groups in total. The van der Waals surface area contributed by atoms with Gasteiger partial charge >= 0.3 is 5.97 Å². The van der Waals surface area contributed by atoms with Crippen LogP contribution in [-0.2, 0) is 11.3 Å². The zero-order valence-electron chi connectivity index (χ0n) is 11.9. The van der Waals surface area contributed by atoms with Crippen molar-refractivity contribution in [3.63, 3.8) is 0 Å². The first-order valence-electron chi connectivity index (χ1n) is 7.36. The summed E-state index contributed by atoms with van der Waals surface area (Å²) < 4.78 is 0. The van der Waals surface area contributed by atoms with E-state index in [4.69, 9.17) is 5.73 Å². The molecule has 0 radical (unpaired) electrons. The summed E-state index contributed by atoms with van der Waals surface area (Å²) in [6.07, 6.45) is 2.80. The minimum atomic E-state index is -0.654. The smallest absolute Gasteiger partial charge is 0.311 e. The molecule has 1 amide bonds. The summed E-state index contributed by atoms with van der Waals surface area (Å²) in [7, 11) is 0. The van der Waals surface area contributed by atoms with Crippen molar-refractivity contribution in [2.24, 2.45) is 17.1 Å². The fourth-order valence-corrected chi connectivity index (χ4v) is 3.94. The summed E-state index contributed by atoms with van der Waals surface area (Å²) in [6, 6.07) is 7.26. The Labute approximate surface area is 123 Å². The summed E-state index contributed by atoms with van der Waals surface area (Å²) in [5, 5.41) is 9.59. The van der Waals surface area contributed by atoms with Gasteiger partial charge in [0.05, 0.1) is 5.41 Å². The van der Waals surface area contributed by atoms with E-state index in [0.29, 0.717) is 18.7 Å². The number of aliphatic carboxylic acids is 1. The molecule has 0 unspecified atom stereocenters. The van der Waals surface area contributed by atoms with Gasteiger partial charge in [0.2, 0.25) is 5.91 Å². The van der Waals surface area contributed by atoms with Gasteiger partial charge in [-0.3, -0.25) is 14.5 Å². The molecule has 2 fully saturated rings. The lowest BCUT2D eigenvalue weighted by Gasteiger charge is -2.23. The van der Waals surface area contributed by atoms with Crippen LogP contribution in [0, 0.1) is 11.3 Å². The average Bonchev–Trinajstić information content (AvgIpc) is 2.96. The Balaban J connectivity index is 1.74. The van der Waals surface area contributed by atoms with E-state index in [-0.39, 0.29) is 5.92 Å². The molecule has 5 heteroatoms. The van der Waals surface area contributed by atoms with Crippen LogP contribution in [0.2, 0.25) is 0 Å². The first-order valence-corrected chi connectivity index (χ1v) is 7.36. The number of carboxylic acid groups (broad SMARTS) is 1. The van der Waals surface area contributed by atoms with Gasteiger partial charge in [-0.15, -0.1) is 0 Å². The summed E-state index contributed by atoms with van der Waals surface area (Å²) in [5.41, 5.74) is 6.25. The molecule has 3 rings (SSSR count). The third-order valence-corrected chi connectivity index (χ3v) is 4.98. The van der Waals surface area contributed by atoms with Gasteiger partial charge in [-0.1, -0.05) is 18.6 Å². The molecule has 1 saturated carbocycles. The molecule has 1 aromatic rings. The van der Waals surface area contributed by atoms with Gasteiger partial charge in [0.25, 0.3) is 0 Å². The number of carbonyl (C=O) groups excluding carboxylic acids is 1. The number of hydrogen-bond acceptors (Lipinski definition) is 3. The summed E-state index contributed by atoms with van der Waals surface area (Å²) >= 11 is 0. The lowest BCUT2D eigenvalue weighted by Crippen LogP contribution is -2.35. The Morgan fingerprint density at radius 2 is 2.24 bits per heavy atom. The molecule has 112 valence electrons. The third kappa shape index (κ3) is 2.42. The Morgan fingerprint density at radius 3 is 2.90 bits per heavy atom. The fraction of sp³-hybridized carbons (Fsp3) is 0.500. The lowest BCUT2D eigenvalue weighted by molar-refractivity contribution is -0.149. The molecule has 5 nitrogen and oxygen atoms in total. The molecule has 1 saturated heterocycles. The SMILES string of the molecule is NC(=O)c1cccc(CN2C[C@@H]3CCC[C@@]3(C(=O)O)C2)c1. The van der Waals surface area contributed by atoms with Crippen LogP contribution in [-0.4, -0.2) is 35.0 Å². The second kappa shape index (κ2) is 5.15. The van der Waals surface area contributed by atoms with Crippen molar-refractivity contribution in [1.29, 1.82) is 0 Å². The predicted octanol–water partition coefficient (Wildman–Crippen LogP) is 1.47. The fourth-order valence-electron chi connectivity index (χ4n) is 3.94. The van der Waals surface area contributed by atoms with Crippen LogP contribution in [0.1, 0.15) is 35.2 Å². The molecule has 0 bridgehead atoms. The predicted molar refractivity (Wildman–Crippen MR) is 77.6 cm³/mol. The molecule has 1 aromatic carbocycles. The van der Waals surface area contributed by atoms with Crippen LogP contribution >= 0.6 is 0 Å². The first kappa shape index (κ1) is 14.1. The van der Waals surface area contributed by atoms with Crippen molar-refractivity contribution in [3.8, 4) is 0 Å². The highest BCUT2D eigenvalue weighted by Crippen LogP contribution is 2.49. The summed E-state index contributed by atoms with van der Waals surface area (Å²) in [6.45, 7) is 2.10. The number of carboxylic acids is 1. The van der Waals surface area contributed by atoms with E-state index in [0.717, 1.165) is 31.4 Å². The molecule has 2 atom stereocenters. The van der Waals surface area contributed by atoms with E-state index < -0.39 is 17.3 Å². The maximum Gasteiger partial charge on any atom is 0.311 e. The normalized spacial score (nSPS) is 28.5. The third-order valence-electron chi connectivity index (χ3n) is 4.98. The number of nitrogens with zero attached hydrogens (tertiary/aromatic N) is 1. The molecule has 1 heterocycles. The van der Waals surface area contributed by atoms with Crippen LogP contribution < -0.4 is 5.73 Å². The second-order valence-corrected chi connectivity index (χ2v) is 6.28. The highest BCUT2D eigenvalue weighted by atomic mass is 16.4. The van der Waals surface area contributed by atoms with Crippen LogP contribution in [0.25, 0.3) is 0 Å². The molecule has 0 aromatic heterocycles. The lowest BCUT2D eigenvalue weighted by atomic mass is 9.81. The van der Waals surface area contributed by atoms with E-state index in [9.17, 15) is 14.7 Å². The van der Waals surface area contributed by atoms with Crippen molar-refractivity contribution in [2.45, 2.75) is 25.8 Å². The van der Waals surface area contributed by atoms with Gasteiger partial charge in [0.15, 0.2) is 0 Å². The Kier molecular flexibility index (Phi) is 3.45. The zero-order valence-corrected chi connectivity index (χ0v) is 11.9. The van der Waals surface area contributed by atoms with E-state index in [1.165, 1.54) is 0 Å². The molecule has 2 aliphatic rings. The zero-order chi connectivity index (χ0) is 15.0. The molecule has 21 heavy (non-hydrogen) atoms. The standard InChI is InChI=1S/C16H20N2O3/c17-14(19)12-4-1-3-11(7-12)8-18-9-13-5-2-6-16(13,10-18)15(20)21/h1,3-4,7,13H,2,5-6,8-10H2,(H2,17,19)(H,20,21)/t13-,16+/m0/s1. The van der Waals surface area contributed by atoms with Gasteiger partial charge in [-0.05, 0) is 36.5 Å². The minimum absolute atomic E-state index is 0.259. The Morgan fingerprint density at radius 1 is 1.43 bits per heavy atom. The van der Waals surface area contributed by atoms with Crippen LogP contribution in [0.4, 0.5) is 0 Å². The number of amides is 1. The molecular formula is C16H20N2O3. The van der Waals surface area contributed by atoms with Crippen molar-refractivity contribution in [1.82, 2.24) is 4.90 Å². The minimum Gasteiger partial charge on any atom is -0.481 e. The topological polar surface area (TPSA) is 83.6 Å². The number of primary amides is 1. The number of rotatable bonds is 4. The Bertz CT molecular complexity index is 587. The van der Waals surface area contributed by atoms with Gasteiger partial charge in [0, 0.05) is 25.2 Å². The highest BCUT2D eigenvalue weighted by molar-refractivity contribution is 5.92. The largest absolute Gasteiger partial charge is 0.481 e. The van der Waals surface area contributed by atoms with Gasteiger partial charge in [0.1, 0.15) is 0 Å². The Hall–Kier alpha value is -1.88. The average molecular weight is 288 g/mol. The second-order valence-electron chi connectivity index (χ2n) is 6.28. The molecular weight excluding hydrogens is 268 g/mol. The van der Waals surface area contributed by atoms with Crippen molar-refractivity contribution in [3.05, 3.63) is 35.4 Å². The van der Waals surface area contributed by atoms with Crippen LogP contribution in [0.15, 0.2) is 24.3 Å². The van der Waals surface area contributed by atoms with Crippen LogP contribution in [0.3, 0.4) is 0 Å². The van der Waals surface area contributed by atoms with Crippen molar-refractivity contribution >= 4 is 11.9 Å². The monoisotopic (exact) mass is 288 g/mol. The molecule has 1 aliphatic heterocycles. The summed E-state index contributed by atoms with van der Waals surface area (Å²) in [4.78, 5) is 25.1. The van der Waals surface area contributed by atoms with E-state index in [2.05, 4.69) is 4.90 Å². The van der Waals surface area contributed by atoms with Gasteiger partial charge in [-0.25, -0.2) is 0 Å².